The zero-order valence-corrected chi connectivity index (χ0v) is 23.3. The van der Waals surface area contributed by atoms with E-state index in [0.717, 1.165) is 5.56 Å². The van der Waals surface area contributed by atoms with Crippen molar-refractivity contribution in [2.24, 2.45) is 0 Å². The fraction of sp³-hybridized carbons (Fsp3) is 0.286. The van der Waals surface area contributed by atoms with Crippen molar-refractivity contribution in [3.63, 3.8) is 0 Å². The summed E-state index contributed by atoms with van der Waals surface area (Å²) >= 11 is 0. The Morgan fingerprint density at radius 2 is 1.90 bits per heavy atom. The first-order chi connectivity index (χ1) is 18.4. The van der Waals surface area contributed by atoms with Crippen LogP contribution in [0.1, 0.15) is 55.2 Å². The monoisotopic (exact) mass is 567 g/mol. The second kappa shape index (κ2) is 9.84. The van der Waals surface area contributed by atoms with Crippen molar-refractivity contribution in [2.45, 2.75) is 50.8 Å². The van der Waals surface area contributed by atoms with Crippen molar-refractivity contribution in [2.75, 3.05) is 0 Å². The van der Waals surface area contributed by atoms with Gasteiger partial charge in [0.2, 0.25) is 10.0 Å². The Hall–Kier alpha value is -3.62. The Balaban J connectivity index is 1.84. The van der Waals surface area contributed by atoms with Crippen LogP contribution in [0.2, 0.25) is 0 Å². The van der Waals surface area contributed by atoms with E-state index >= 15 is 0 Å². The highest BCUT2D eigenvalue weighted by molar-refractivity contribution is 7.91. The van der Waals surface area contributed by atoms with E-state index in [1.807, 2.05) is 32.9 Å². The third-order valence-corrected chi connectivity index (χ3v) is 9.20. The Bertz CT molecular complexity index is 1800. The van der Waals surface area contributed by atoms with Crippen molar-refractivity contribution < 1.29 is 22.2 Å². The number of carbonyl (C=O) groups excluding carboxylic acids is 1. The summed E-state index contributed by atoms with van der Waals surface area (Å²) in [6.45, 7) is 5.91. The lowest BCUT2D eigenvalue weighted by Gasteiger charge is -2.19. The number of fused-ring (bicyclic) bond motifs is 1. The number of amides is 1. The van der Waals surface area contributed by atoms with Crippen LogP contribution in [0.4, 0.5) is 4.39 Å². The average Bonchev–Trinajstić information content (AvgIpc) is 3.69. The molecular formula is C28H27FN3O5PS. The summed E-state index contributed by atoms with van der Waals surface area (Å²) in [7, 11) is -4.23. The minimum Gasteiger partial charge on any atom is -0.331 e. The molecule has 4 aromatic rings. The first-order valence-electron chi connectivity index (χ1n) is 12.4. The molecule has 8 nitrogen and oxygen atoms in total. The predicted molar refractivity (Wildman–Crippen MR) is 149 cm³/mol. The summed E-state index contributed by atoms with van der Waals surface area (Å²) in [6, 6.07) is 12.7. The number of aromatic amines is 1. The number of halogens is 1. The van der Waals surface area contributed by atoms with Gasteiger partial charge in [-0.1, -0.05) is 26.8 Å². The van der Waals surface area contributed by atoms with Crippen LogP contribution in [-0.4, -0.2) is 29.1 Å². The largest absolute Gasteiger partial charge is 0.331 e. The maximum Gasteiger partial charge on any atom is 0.282 e. The molecule has 0 bridgehead atoms. The number of carbonyl (C=O) groups is 1. The molecule has 0 atom stereocenters. The molecule has 5 rings (SSSR count). The summed E-state index contributed by atoms with van der Waals surface area (Å²) in [6.07, 6.45) is 2.38. The molecule has 0 spiro atoms. The summed E-state index contributed by atoms with van der Waals surface area (Å²) < 4.78 is 55.7. The number of H-pyrrole nitrogens is 1. The van der Waals surface area contributed by atoms with Gasteiger partial charge in [-0.15, -0.1) is 0 Å². The van der Waals surface area contributed by atoms with E-state index in [9.17, 15) is 27.0 Å². The first-order valence-corrected chi connectivity index (χ1v) is 14.8. The standard InChI is InChI=1S/C28H27FN3O5PS/c1-28(2,3)17-6-11-23-21(14-17)24(20-5-4-12-30-26(20)33)25(27(34)31-39(36,37)19-8-9-19)32(23)15-16-13-18(38-35)7-10-22(16)29/h4-7,10-14,19H,8-9,15H2,1-3H3,(H,30,33)(H,31,34). The number of nitrogens with zero attached hydrogens (tertiary/aromatic N) is 1. The van der Waals surface area contributed by atoms with Gasteiger partial charge in [-0.25, -0.2) is 17.5 Å². The maximum absolute atomic E-state index is 15.0. The van der Waals surface area contributed by atoms with Crippen LogP contribution in [0.5, 0.6) is 0 Å². The second-order valence-electron chi connectivity index (χ2n) is 10.7. The van der Waals surface area contributed by atoms with Gasteiger partial charge < -0.3 is 9.55 Å². The lowest BCUT2D eigenvalue weighted by Crippen LogP contribution is -2.35. The highest BCUT2D eigenvalue weighted by Crippen LogP contribution is 2.38. The van der Waals surface area contributed by atoms with E-state index in [-0.39, 0.29) is 42.8 Å². The third kappa shape index (κ3) is 5.18. The number of hydrogen-bond donors (Lipinski definition) is 2. The Morgan fingerprint density at radius 1 is 1.15 bits per heavy atom. The molecule has 0 aliphatic heterocycles. The molecule has 1 saturated carbocycles. The summed E-state index contributed by atoms with van der Waals surface area (Å²) in [4.78, 5) is 29.4. The Labute approximate surface area is 226 Å². The summed E-state index contributed by atoms with van der Waals surface area (Å²) in [5.74, 6) is -1.49. The van der Waals surface area contributed by atoms with Crippen molar-refractivity contribution in [1.29, 1.82) is 0 Å². The van der Waals surface area contributed by atoms with Gasteiger partial charge in [0, 0.05) is 39.1 Å². The number of benzene rings is 2. The normalized spacial score (nSPS) is 14.2. The lowest BCUT2D eigenvalue weighted by atomic mass is 9.86. The second-order valence-corrected chi connectivity index (χ2v) is 13.4. The van der Waals surface area contributed by atoms with Gasteiger partial charge >= 0.3 is 0 Å². The van der Waals surface area contributed by atoms with Crippen LogP contribution < -0.4 is 15.6 Å². The predicted octanol–water partition coefficient (Wildman–Crippen LogP) is 4.62. The van der Waals surface area contributed by atoms with Gasteiger partial charge in [0.15, 0.2) is 8.46 Å². The molecule has 1 amide bonds. The molecule has 202 valence electrons. The molecule has 1 fully saturated rings. The number of hydrogen-bond acceptors (Lipinski definition) is 5. The van der Waals surface area contributed by atoms with E-state index in [4.69, 9.17) is 0 Å². The van der Waals surface area contributed by atoms with Crippen LogP contribution in [0.25, 0.3) is 22.0 Å². The van der Waals surface area contributed by atoms with Gasteiger partial charge in [-0.05, 0) is 66.3 Å². The van der Waals surface area contributed by atoms with Crippen LogP contribution in [0.15, 0.2) is 59.5 Å². The van der Waals surface area contributed by atoms with Crippen LogP contribution in [-0.2, 0) is 26.5 Å². The Kier molecular flexibility index (Phi) is 6.81. The third-order valence-electron chi connectivity index (χ3n) is 6.89. The van der Waals surface area contributed by atoms with Crippen LogP contribution >= 0.6 is 8.46 Å². The maximum atomic E-state index is 15.0. The van der Waals surface area contributed by atoms with Crippen molar-refractivity contribution >= 4 is 40.6 Å². The van der Waals surface area contributed by atoms with Crippen LogP contribution in [0.3, 0.4) is 0 Å². The van der Waals surface area contributed by atoms with Crippen molar-refractivity contribution in [1.82, 2.24) is 14.3 Å². The molecule has 11 heteroatoms. The zero-order valence-electron chi connectivity index (χ0n) is 21.6. The number of sulfonamides is 1. The van der Waals surface area contributed by atoms with Gasteiger partial charge in [0.05, 0.1) is 11.8 Å². The number of nitrogens with one attached hydrogen (secondary N) is 2. The van der Waals surface area contributed by atoms with Gasteiger partial charge in [0.25, 0.3) is 11.5 Å². The molecule has 0 saturated heterocycles. The number of aromatic nitrogens is 2. The highest BCUT2D eigenvalue weighted by Gasteiger charge is 2.38. The first kappa shape index (κ1) is 27.0. The lowest BCUT2D eigenvalue weighted by molar-refractivity contribution is 0.0973. The molecule has 2 aromatic carbocycles. The minimum atomic E-state index is -3.94. The highest BCUT2D eigenvalue weighted by atomic mass is 32.2. The smallest absolute Gasteiger partial charge is 0.282 e. The number of rotatable bonds is 7. The quantitative estimate of drug-likeness (QED) is 0.316. The van der Waals surface area contributed by atoms with Crippen molar-refractivity contribution in [3.05, 3.63) is 87.7 Å². The molecule has 2 heterocycles. The molecule has 39 heavy (non-hydrogen) atoms. The minimum absolute atomic E-state index is 0.0820. The topological polar surface area (TPSA) is 118 Å². The van der Waals surface area contributed by atoms with E-state index in [0.29, 0.717) is 29.0 Å². The van der Waals surface area contributed by atoms with Gasteiger partial charge in [-0.2, -0.15) is 0 Å². The fourth-order valence-corrected chi connectivity index (χ4v) is 6.28. The molecule has 2 aromatic heterocycles. The molecule has 1 aliphatic rings. The SMILES string of the molecule is CC(C)(C)c1ccc2c(c1)c(-c1ccc[nH]c1=O)c(C(=O)NS(=O)(=O)C1CC1)n2Cc1cc(P=O)ccc1F. The summed E-state index contributed by atoms with van der Waals surface area (Å²) in [5.41, 5.74) is 1.20. The molecule has 1 aliphatic carbocycles. The van der Waals surface area contributed by atoms with Crippen LogP contribution in [0, 0.1) is 5.82 Å². The van der Waals surface area contributed by atoms with E-state index in [2.05, 4.69) is 9.71 Å². The van der Waals surface area contributed by atoms with E-state index < -0.39 is 32.6 Å². The van der Waals surface area contributed by atoms with Crippen molar-refractivity contribution in [3.8, 4) is 11.1 Å². The molecule has 0 unspecified atom stereocenters. The number of pyridine rings is 1. The van der Waals surface area contributed by atoms with E-state index in [1.54, 1.807) is 18.2 Å². The average molecular weight is 568 g/mol. The summed E-state index contributed by atoms with van der Waals surface area (Å²) in [5, 5.41) is 0.243. The molecule has 2 N–H and O–H groups in total. The van der Waals surface area contributed by atoms with Gasteiger partial charge in [-0.3, -0.25) is 14.2 Å². The zero-order chi connectivity index (χ0) is 28.1. The molecule has 0 radical (unpaired) electrons. The molecular weight excluding hydrogens is 540 g/mol. The Morgan fingerprint density at radius 3 is 2.54 bits per heavy atom. The van der Waals surface area contributed by atoms with Gasteiger partial charge in [0.1, 0.15) is 11.5 Å². The van der Waals surface area contributed by atoms with E-state index in [1.165, 1.54) is 29.0 Å². The fourth-order valence-electron chi connectivity index (χ4n) is 4.66.